The number of ether oxygens (including phenoxy) is 2. The molecule has 0 aliphatic carbocycles. The third-order valence-corrected chi connectivity index (χ3v) is 7.29. The molecular weight excluding hydrogens is 516 g/mol. The number of methoxy groups -OCH3 is 1. The Labute approximate surface area is 248 Å². The summed E-state index contributed by atoms with van der Waals surface area (Å²) in [6.45, 7) is 7.73. The summed E-state index contributed by atoms with van der Waals surface area (Å²) in [5.74, 6) is -0.151. The summed E-state index contributed by atoms with van der Waals surface area (Å²) in [4.78, 5) is 36.2. The second-order valence-corrected chi connectivity index (χ2v) is 11.4. The van der Waals surface area contributed by atoms with Gasteiger partial charge in [0.15, 0.2) is 12.1 Å². The smallest absolute Gasteiger partial charge is 0.306 e. The highest BCUT2D eigenvalue weighted by Crippen LogP contribution is 2.35. The molecule has 0 saturated carbocycles. The number of esters is 1. The van der Waals surface area contributed by atoms with Gasteiger partial charge in [-0.1, -0.05) is 95.1 Å². The number of phenols is 1. The number of carbonyl (C=O) groups is 3. The van der Waals surface area contributed by atoms with Gasteiger partial charge < -0.3 is 14.6 Å². The molecule has 0 bridgehead atoms. The fourth-order valence-electron chi connectivity index (χ4n) is 4.91. The largest absolute Gasteiger partial charge is 0.507 e. The molecule has 1 aromatic carbocycles. The average Bonchev–Trinajstić information content (AvgIpc) is 2.92. The van der Waals surface area contributed by atoms with Crippen LogP contribution in [0.3, 0.4) is 0 Å². The molecule has 0 heterocycles. The summed E-state index contributed by atoms with van der Waals surface area (Å²) in [5.41, 5.74) is 2.76. The Hall–Kier alpha value is -2.89. The molecule has 0 radical (unpaired) electrons. The Bertz CT molecular complexity index is 1000. The Balaban J connectivity index is 2.47. The molecule has 0 amide bonds. The maximum atomic E-state index is 12.3. The summed E-state index contributed by atoms with van der Waals surface area (Å²) < 4.78 is 10.9. The van der Waals surface area contributed by atoms with Crippen LogP contribution in [0.25, 0.3) is 0 Å². The Kier molecular flexibility index (Phi) is 19.2. The van der Waals surface area contributed by atoms with Gasteiger partial charge in [0, 0.05) is 17.5 Å². The number of phenolic OH excluding ortho intramolecular Hbond substituents is 1. The summed E-state index contributed by atoms with van der Waals surface area (Å²) in [6.07, 6.45) is 21.1. The minimum absolute atomic E-state index is 0.0803. The summed E-state index contributed by atoms with van der Waals surface area (Å²) in [7, 11) is 1.49. The molecule has 41 heavy (non-hydrogen) atoms. The van der Waals surface area contributed by atoms with E-state index in [0.29, 0.717) is 42.4 Å². The van der Waals surface area contributed by atoms with E-state index < -0.39 is 0 Å². The van der Waals surface area contributed by atoms with Crippen LogP contribution < -0.4 is 4.74 Å². The standard InChI is InChI=1S/C35H54O6/c1-6-7-8-9-10-11-12-13-14-15-16-17-18-19-34(38)41-26-29-24-33(40-5)31(35(39)32(29)25-36)21-20-28(4)23-30(37)22-27(2)3/h22-25,39H,6-21,26H2,1-5H3/b28-23+. The zero-order chi connectivity index (χ0) is 30.5. The quantitative estimate of drug-likeness (QED) is 0.0610. The lowest BCUT2D eigenvalue weighted by atomic mass is 9.97. The first kappa shape index (κ1) is 36.1. The van der Waals surface area contributed by atoms with Gasteiger partial charge in [-0.15, -0.1) is 0 Å². The van der Waals surface area contributed by atoms with Crippen LogP contribution in [0.2, 0.25) is 0 Å². The minimum atomic E-state index is -0.311. The number of aromatic hydroxyl groups is 1. The lowest BCUT2D eigenvalue weighted by molar-refractivity contribution is -0.145. The van der Waals surface area contributed by atoms with E-state index >= 15 is 0 Å². The summed E-state index contributed by atoms with van der Waals surface area (Å²) >= 11 is 0. The van der Waals surface area contributed by atoms with Gasteiger partial charge >= 0.3 is 5.97 Å². The Morgan fingerprint density at radius 2 is 1.39 bits per heavy atom. The van der Waals surface area contributed by atoms with Crippen LogP contribution in [-0.4, -0.2) is 30.3 Å². The zero-order valence-corrected chi connectivity index (χ0v) is 26.3. The molecule has 1 N–H and O–H groups in total. The number of rotatable bonds is 23. The van der Waals surface area contributed by atoms with Gasteiger partial charge in [-0.25, -0.2) is 0 Å². The molecule has 230 valence electrons. The van der Waals surface area contributed by atoms with Gasteiger partial charge in [0.05, 0.1) is 12.7 Å². The number of benzene rings is 1. The van der Waals surface area contributed by atoms with E-state index in [1.165, 1.54) is 71.3 Å². The topological polar surface area (TPSA) is 89.9 Å². The lowest BCUT2D eigenvalue weighted by Gasteiger charge is -2.16. The summed E-state index contributed by atoms with van der Waals surface area (Å²) in [6, 6.07) is 1.64. The third-order valence-electron chi connectivity index (χ3n) is 7.29. The number of ketones is 1. The van der Waals surface area contributed by atoms with Gasteiger partial charge in [0.25, 0.3) is 0 Å². The second kappa shape index (κ2) is 21.8. The molecule has 0 aliphatic rings. The van der Waals surface area contributed by atoms with Crippen molar-refractivity contribution in [3.63, 3.8) is 0 Å². The molecule has 0 fully saturated rings. The molecule has 0 spiro atoms. The fraction of sp³-hybridized carbons (Fsp3) is 0.629. The third kappa shape index (κ3) is 15.6. The minimum Gasteiger partial charge on any atom is -0.507 e. The van der Waals surface area contributed by atoms with Gasteiger partial charge in [-0.3, -0.25) is 14.4 Å². The van der Waals surface area contributed by atoms with Crippen molar-refractivity contribution in [3.8, 4) is 11.5 Å². The van der Waals surface area contributed by atoms with Crippen molar-refractivity contribution in [2.24, 2.45) is 0 Å². The predicted molar refractivity (Wildman–Crippen MR) is 167 cm³/mol. The average molecular weight is 571 g/mol. The van der Waals surface area contributed by atoms with E-state index in [-0.39, 0.29) is 29.7 Å². The number of allylic oxidation sites excluding steroid dienone is 4. The van der Waals surface area contributed by atoms with E-state index in [0.717, 1.165) is 30.4 Å². The van der Waals surface area contributed by atoms with Crippen molar-refractivity contribution in [3.05, 3.63) is 46.1 Å². The monoisotopic (exact) mass is 570 g/mol. The van der Waals surface area contributed by atoms with Crippen molar-refractivity contribution in [2.75, 3.05) is 7.11 Å². The highest BCUT2D eigenvalue weighted by Gasteiger charge is 2.19. The number of hydrogen-bond acceptors (Lipinski definition) is 6. The van der Waals surface area contributed by atoms with E-state index in [9.17, 15) is 19.5 Å². The highest BCUT2D eigenvalue weighted by atomic mass is 16.5. The molecule has 0 aromatic heterocycles. The van der Waals surface area contributed by atoms with Crippen LogP contribution in [0.1, 0.15) is 145 Å². The molecule has 6 nitrogen and oxygen atoms in total. The number of aldehydes is 1. The van der Waals surface area contributed by atoms with E-state index in [1.807, 2.05) is 20.8 Å². The van der Waals surface area contributed by atoms with Crippen molar-refractivity contribution in [2.45, 2.75) is 137 Å². The van der Waals surface area contributed by atoms with Crippen LogP contribution in [0.5, 0.6) is 11.5 Å². The molecule has 1 rings (SSSR count). The van der Waals surface area contributed by atoms with Crippen molar-refractivity contribution >= 4 is 18.0 Å². The fourth-order valence-corrected chi connectivity index (χ4v) is 4.91. The molecular formula is C35H54O6. The number of unbranched alkanes of at least 4 members (excludes halogenated alkanes) is 12. The van der Waals surface area contributed by atoms with Crippen LogP contribution in [0, 0.1) is 0 Å². The molecule has 6 heteroatoms. The van der Waals surface area contributed by atoms with Crippen LogP contribution in [-0.2, 0) is 27.4 Å². The second-order valence-electron chi connectivity index (χ2n) is 11.4. The molecule has 1 aromatic rings. The normalized spacial score (nSPS) is 11.3. The van der Waals surface area contributed by atoms with Crippen LogP contribution in [0.4, 0.5) is 0 Å². The Morgan fingerprint density at radius 3 is 1.90 bits per heavy atom. The zero-order valence-electron chi connectivity index (χ0n) is 26.3. The van der Waals surface area contributed by atoms with Gasteiger partial charge in [0.2, 0.25) is 0 Å². The van der Waals surface area contributed by atoms with Crippen LogP contribution in [0.15, 0.2) is 29.4 Å². The first-order valence-corrected chi connectivity index (χ1v) is 15.6. The number of hydrogen-bond donors (Lipinski definition) is 1. The molecule has 0 unspecified atom stereocenters. The molecule has 0 aliphatic heterocycles. The molecule has 0 saturated heterocycles. The Morgan fingerprint density at radius 1 is 0.829 bits per heavy atom. The maximum absolute atomic E-state index is 12.3. The van der Waals surface area contributed by atoms with Crippen molar-refractivity contribution in [1.29, 1.82) is 0 Å². The highest BCUT2D eigenvalue weighted by molar-refractivity contribution is 6.00. The summed E-state index contributed by atoms with van der Waals surface area (Å²) in [5, 5.41) is 10.8. The van der Waals surface area contributed by atoms with E-state index in [4.69, 9.17) is 9.47 Å². The molecule has 0 atom stereocenters. The maximum Gasteiger partial charge on any atom is 0.306 e. The first-order chi connectivity index (χ1) is 19.7. The first-order valence-electron chi connectivity index (χ1n) is 15.6. The van der Waals surface area contributed by atoms with E-state index in [2.05, 4.69) is 6.92 Å². The van der Waals surface area contributed by atoms with Crippen LogP contribution >= 0.6 is 0 Å². The van der Waals surface area contributed by atoms with Gasteiger partial charge in [0.1, 0.15) is 18.1 Å². The number of carbonyl (C=O) groups excluding carboxylic acids is 3. The predicted octanol–water partition coefficient (Wildman–Crippen LogP) is 9.15. The van der Waals surface area contributed by atoms with Crippen molar-refractivity contribution in [1.82, 2.24) is 0 Å². The SMILES string of the molecule is CCCCCCCCCCCCCCCC(=O)OCc1cc(OC)c(CC/C(C)=C/C(=O)C=C(C)C)c(O)c1C=O. The van der Waals surface area contributed by atoms with Gasteiger partial charge in [-0.2, -0.15) is 0 Å². The van der Waals surface area contributed by atoms with Gasteiger partial charge in [-0.05, 0) is 58.3 Å². The lowest BCUT2D eigenvalue weighted by Crippen LogP contribution is -2.08. The van der Waals surface area contributed by atoms with E-state index in [1.54, 1.807) is 18.2 Å². The van der Waals surface area contributed by atoms with Crippen molar-refractivity contribution < 1.29 is 29.0 Å².